The molecule has 2 aromatic carbocycles. The highest BCUT2D eigenvalue weighted by Crippen LogP contribution is 2.34. The minimum atomic E-state index is -3.74. The van der Waals surface area contributed by atoms with E-state index in [9.17, 15) is 8.42 Å². The number of hydrogen-bond donors (Lipinski definition) is 0. The van der Waals surface area contributed by atoms with Crippen LogP contribution in [0.15, 0.2) is 53.4 Å². The Balaban J connectivity index is 1.66. The number of benzene rings is 2. The van der Waals surface area contributed by atoms with E-state index >= 15 is 0 Å². The van der Waals surface area contributed by atoms with Crippen molar-refractivity contribution in [2.45, 2.75) is 17.7 Å². The maximum Gasteiger partial charge on any atom is 0.242 e. The molecule has 0 radical (unpaired) electrons. The molecule has 4 aromatic rings. The zero-order valence-corrected chi connectivity index (χ0v) is 20.9. The Hall–Kier alpha value is -3.28. The molecule has 11 heteroatoms. The molecule has 0 bridgehead atoms. The number of hydrogen-bond acceptors (Lipinski definition) is 8. The van der Waals surface area contributed by atoms with Gasteiger partial charge in [-0.05, 0) is 17.2 Å². The van der Waals surface area contributed by atoms with Crippen molar-refractivity contribution in [3.63, 3.8) is 0 Å². The van der Waals surface area contributed by atoms with E-state index in [4.69, 9.17) is 9.47 Å². The smallest absolute Gasteiger partial charge is 0.242 e. The quantitative estimate of drug-likeness (QED) is 0.348. The van der Waals surface area contributed by atoms with E-state index in [0.717, 1.165) is 14.9 Å². The molecular weight excluding hydrogens is 474 g/mol. The van der Waals surface area contributed by atoms with E-state index in [0.29, 0.717) is 34.3 Å². The first-order valence-corrected chi connectivity index (χ1v) is 12.7. The first kappa shape index (κ1) is 23.9. The fourth-order valence-corrected chi connectivity index (χ4v) is 5.34. The van der Waals surface area contributed by atoms with E-state index in [1.807, 2.05) is 36.4 Å². The van der Waals surface area contributed by atoms with Gasteiger partial charge in [0.15, 0.2) is 17.3 Å². The standard InChI is InChI=1S/C23H25N5O4S2/c1-27(2)34(29,30)20-15-19(32-4)18(31-3)13-17(20)14-21-24-25-23-28(21)26-22(33-23)12-8-11-16-9-6-5-7-10-16/h5-11,13,15H,12,14H2,1-4H3/b11-8+. The van der Waals surface area contributed by atoms with Gasteiger partial charge in [-0.1, -0.05) is 53.8 Å². The Bertz CT molecular complexity index is 1430. The molecule has 0 unspecified atom stereocenters. The highest BCUT2D eigenvalue weighted by Gasteiger charge is 2.26. The number of fused-ring (bicyclic) bond motifs is 1. The maximum atomic E-state index is 13.0. The van der Waals surface area contributed by atoms with Crippen molar-refractivity contribution in [3.8, 4) is 11.5 Å². The summed E-state index contributed by atoms with van der Waals surface area (Å²) in [6.45, 7) is 0. The van der Waals surface area contributed by atoms with E-state index in [1.165, 1.54) is 45.7 Å². The summed E-state index contributed by atoms with van der Waals surface area (Å²) in [5, 5.41) is 14.0. The number of sulfonamides is 1. The summed E-state index contributed by atoms with van der Waals surface area (Å²) in [6.07, 6.45) is 4.95. The molecule has 0 spiro atoms. The summed E-state index contributed by atoms with van der Waals surface area (Å²) in [6, 6.07) is 13.2. The van der Waals surface area contributed by atoms with Gasteiger partial charge in [-0.15, -0.1) is 10.2 Å². The summed E-state index contributed by atoms with van der Waals surface area (Å²) in [7, 11) is 2.21. The third kappa shape index (κ3) is 4.81. The number of aromatic nitrogens is 4. The van der Waals surface area contributed by atoms with Crippen LogP contribution in [-0.4, -0.2) is 60.8 Å². The van der Waals surface area contributed by atoms with Crippen molar-refractivity contribution in [2.75, 3.05) is 28.3 Å². The zero-order chi connectivity index (χ0) is 24.3. The molecule has 0 saturated carbocycles. The van der Waals surface area contributed by atoms with Crippen LogP contribution in [0.25, 0.3) is 11.0 Å². The van der Waals surface area contributed by atoms with Gasteiger partial charge >= 0.3 is 0 Å². The normalized spacial score (nSPS) is 12.1. The third-order valence-electron chi connectivity index (χ3n) is 5.17. The second kappa shape index (κ2) is 9.92. The van der Waals surface area contributed by atoms with Crippen molar-refractivity contribution in [1.29, 1.82) is 0 Å². The van der Waals surface area contributed by atoms with Gasteiger partial charge in [-0.2, -0.15) is 9.61 Å². The molecule has 0 aliphatic heterocycles. The van der Waals surface area contributed by atoms with Crippen molar-refractivity contribution < 1.29 is 17.9 Å². The van der Waals surface area contributed by atoms with Gasteiger partial charge < -0.3 is 9.47 Å². The highest BCUT2D eigenvalue weighted by molar-refractivity contribution is 7.89. The van der Waals surface area contributed by atoms with Crippen molar-refractivity contribution >= 4 is 32.4 Å². The van der Waals surface area contributed by atoms with E-state index < -0.39 is 10.0 Å². The van der Waals surface area contributed by atoms with Crippen LogP contribution < -0.4 is 9.47 Å². The summed E-state index contributed by atoms with van der Waals surface area (Å²) < 4.78 is 39.6. The predicted molar refractivity (Wildman–Crippen MR) is 131 cm³/mol. The number of methoxy groups -OCH3 is 2. The fourth-order valence-electron chi connectivity index (χ4n) is 3.40. The number of rotatable bonds is 9. The summed E-state index contributed by atoms with van der Waals surface area (Å²) in [4.78, 5) is 0.767. The lowest BCUT2D eigenvalue weighted by Gasteiger charge is -2.17. The lowest BCUT2D eigenvalue weighted by Crippen LogP contribution is -2.23. The first-order chi connectivity index (χ1) is 16.3. The second-order valence-electron chi connectivity index (χ2n) is 7.60. The van der Waals surface area contributed by atoms with Gasteiger partial charge in [0.05, 0.1) is 19.1 Å². The van der Waals surface area contributed by atoms with Crippen LogP contribution in [0.2, 0.25) is 0 Å². The summed E-state index contributed by atoms with van der Waals surface area (Å²) in [5.41, 5.74) is 1.63. The van der Waals surface area contributed by atoms with Crippen LogP contribution in [0.4, 0.5) is 0 Å². The molecule has 0 saturated heterocycles. The zero-order valence-electron chi connectivity index (χ0n) is 19.3. The highest BCUT2D eigenvalue weighted by atomic mass is 32.2. The minimum Gasteiger partial charge on any atom is -0.493 e. The van der Waals surface area contributed by atoms with Crippen LogP contribution in [0.5, 0.6) is 11.5 Å². The largest absolute Gasteiger partial charge is 0.493 e. The monoisotopic (exact) mass is 499 g/mol. The molecule has 2 heterocycles. The molecule has 0 amide bonds. The van der Waals surface area contributed by atoms with Gasteiger partial charge in [0.25, 0.3) is 0 Å². The van der Waals surface area contributed by atoms with Gasteiger partial charge in [0, 0.05) is 33.0 Å². The molecule has 178 valence electrons. The van der Waals surface area contributed by atoms with E-state index in [2.05, 4.69) is 21.4 Å². The fraction of sp³-hybridized carbons (Fsp3) is 0.261. The summed E-state index contributed by atoms with van der Waals surface area (Å²) in [5.74, 6) is 1.30. The Labute approximate surface area is 202 Å². The molecule has 9 nitrogen and oxygen atoms in total. The molecule has 0 aliphatic carbocycles. The summed E-state index contributed by atoms with van der Waals surface area (Å²) >= 11 is 1.45. The van der Waals surface area contributed by atoms with Crippen molar-refractivity contribution in [1.82, 2.24) is 24.1 Å². The molecule has 2 aromatic heterocycles. The van der Waals surface area contributed by atoms with Crippen LogP contribution in [0.3, 0.4) is 0 Å². The van der Waals surface area contributed by atoms with Gasteiger partial charge in [-0.25, -0.2) is 12.7 Å². The van der Waals surface area contributed by atoms with Crippen LogP contribution >= 0.6 is 11.3 Å². The van der Waals surface area contributed by atoms with E-state index in [1.54, 1.807) is 10.6 Å². The second-order valence-corrected chi connectivity index (χ2v) is 10.8. The van der Waals surface area contributed by atoms with Crippen molar-refractivity contribution in [3.05, 3.63) is 70.5 Å². The predicted octanol–water partition coefficient (Wildman–Crippen LogP) is 3.30. The molecule has 0 fully saturated rings. The lowest BCUT2D eigenvalue weighted by atomic mass is 10.1. The molecule has 0 atom stereocenters. The molecule has 0 N–H and O–H groups in total. The maximum absolute atomic E-state index is 13.0. The molecule has 34 heavy (non-hydrogen) atoms. The Morgan fingerprint density at radius 2 is 1.76 bits per heavy atom. The van der Waals surface area contributed by atoms with Gasteiger partial charge in [0.2, 0.25) is 15.0 Å². The van der Waals surface area contributed by atoms with Crippen LogP contribution in [0, 0.1) is 0 Å². The molecular formula is C23H25N5O4S2. The van der Waals surface area contributed by atoms with Crippen LogP contribution in [-0.2, 0) is 22.9 Å². The SMILES string of the molecule is COc1cc(Cc2nnc3sc(C/C=C/c4ccccc4)nn23)c(S(=O)(=O)N(C)C)cc1OC. The number of nitrogens with zero attached hydrogens (tertiary/aromatic N) is 5. The Kier molecular flexibility index (Phi) is 6.96. The van der Waals surface area contributed by atoms with Crippen LogP contribution in [0.1, 0.15) is 22.0 Å². The number of allylic oxidation sites excluding steroid dienone is 1. The topological polar surface area (TPSA) is 98.9 Å². The average molecular weight is 500 g/mol. The molecule has 4 rings (SSSR count). The lowest BCUT2D eigenvalue weighted by molar-refractivity contribution is 0.353. The third-order valence-corrected chi connectivity index (χ3v) is 7.99. The average Bonchev–Trinajstić information content (AvgIpc) is 3.40. The van der Waals surface area contributed by atoms with Gasteiger partial charge in [-0.3, -0.25) is 0 Å². The number of ether oxygens (including phenoxy) is 2. The Morgan fingerprint density at radius 3 is 2.44 bits per heavy atom. The molecule has 0 aliphatic rings. The van der Waals surface area contributed by atoms with Crippen molar-refractivity contribution in [2.24, 2.45) is 0 Å². The van der Waals surface area contributed by atoms with E-state index in [-0.39, 0.29) is 11.3 Å². The first-order valence-electron chi connectivity index (χ1n) is 10.4. The Morgan fingerprint density at radius 1 is 1.06 bits per heavy atom. The minimum absolute atomic E-state index is 0.119. The van der Waals surface area contributed by atoms with Gasteiger partial charge in [0.1, 0.15) is 5.01 Å².